The highest BCUT2D eigenvalue weighted by molar-refractivity contribution is 6.01. The Morgan fingerprint density at radius 2 is 1.70 bits per heavy atom. The summed E-state index contributed by atoms with van der Waals surface area (Å²) in [5.74, 6) is -3.11. The van der Waals surface area contributed by atoms with Crippen molar-refractivity contribution in [2.75, 3.05) is 49.8 Å². The smallest absolute Gasteiger partial charge is 0.273 e. The first-order chi connectivity index (χ1) is 24.0. The van der Waals surface area contributed by atoms with Crippen LogP contribution in [0.5, 0.6) is 0 Å². The predicted octanol–water partition coefficient (Wildman–Crippen LogP) is 2.10. The Kier molecular flexibility index (Phi) is 8.45. The van der Waals surface area contributed by atoms with Crippen LogP contribution in [0.2, 0.25) is 0 Å². The molecule has 3 amide bonds. The fraction of sp³-hybridized carbons (Fsp3) is 0.382. The van der Waals surface area contributed by atoms with E-state index in [1.165, 1.54) is 31.1 Å². The summed E-state index contributed by atoms with van der Waals surface area (Å²) in [6.45, 7) is 2.68. The van der Waals surface area contributed by atoms with Gasteiger partial charge in [0.15, 0.2) is 11.5 Å². The van der Waals surface area contributed by atoms with Gasteiger partial charge in [-0.25, -0.2) is 9.88 Å². The maximum Gasteiger partial charge on any atom is 0.273 e. The lowest BCUT2D eigenvalue weighted by Gasteiger charge is -2.47. The standard InChI is InChI=1S/C34H39N11O5/c1-5-25-30-21(15-37-45(30)19-16-44(17-19)34(49,50)26-11-7-10-23(39-26)32(47)35-2)20-8-6-9-22(29(20)43(25)4)38-24-14-27(40-31(46)18-12-13-18)41-42-28(24)33(48)36-3/h6-11,14-15,18-19,25,49-50H,5,12-13,16-17H2,1-4H3,(H,35,47)(H,36,48)(H2,38,40,41,46). The molecular weight excluding hydrogens is 642 g/mol. The molecule has 1 aliphatic carbocycles. The average molecular weight is 682 g/mol. The Balaban J connectivity index is 1.18. The summed E-state index contributed by atoms with van der Waals surface area (Å²) in [5, 5.41) is 46.6. The first kappa shape index (κ1) is 33.1. The maximum atomic E-state index is 12.8. The maximum absolute atomic E-state index is 12.8. The summed E-state index contributed by atoms with van der Waals surface area (Å²) in [6, 6.07) is 11.8. The number of rotatable bonds is 10. The molecule has 1 saturated carbocycles. The molecule has 50 heavy (non-hydrogen) atoms. The molecule has 5 heterocycles. The zero-order valence-electron chi connectivity index (χ0n) is 28.1. The number of pyridine rings is 1. The van der Waals surface area contributed by atoms with Crippen molar-refractivity contribution >= 4 is 40.6 Å². The van der Waals surface area contributed by atoms with E-state index in [0.717, 1.165) is 47.5 Å². The van der Waals surface area contributed by atoms with Gasteiger partial charge in [0.25, 0.3) is 17.7 Å². The van der Waals surface area contributed by atoms with E-state index in [2.05, 4.69) is 48.3 Å². The number of nitrogens with one attached hydrogen (secondary N) is 4. The second-order valence-corrected chi connectivity index (χ2v) is 12.8. The molecule has 1 saturated heterocycles. The van der Waals surface area contributed by atoms with Crippen molar-refractivity contribution in [2.24, 2.45) is 5.92 Å². The number of fused-ring (bicyclic) bond motifs is 3. The highest BCUT2D eigenvalue weighted by Gasteiger charge is 2.46. The molecular formula is C34H39N11O5. The van der Waals surface area contributed by atoms with Crippen LogP contribution in [0, 0.1) is 5.92 Å². The third-order valence-corrected chi connectivity index (χ3v) is 9.59. The van der Waals surface area contributed by atoms with Gasteiger partial charge in [0.05, 0.1) is 41.0 Å². The molecule has 3 aromatic heterocycles. The number of aromatic nitrogens is 5. The van der Waals surface area contributed by atoms with Crippen LogP contribution in [0.25, 0.3) is 11.1 Å². The lowest BCUT2D eigenvalue weighted by atomic mass is 9.91. The van der Waals surface area contributed by atoms with Crippen LogP contribution in [0.3, 0.4) is 0 Å². The average Bonchev–Trinajstić information content (AvgIpc) is 3.87. The summed E-state index contributed by atoms with van der Waals surface area (Å²) < 4.78 is 1.97. The van der Waals surface area contributed by atoms with Gasteiger partial charge < -0.3 is 36.4 Å². The van der Waals surface area contributed by atoms with Crippen LogP contribution in [-0.2, 0) is 10.7 Å². The van der Waals surface area contributed by atoms with Gasteiger partial charge in [0, 0.05) is 57.3 Å². The Morgan fingerprint density at radius 1 is 0.960 bits per heavy atom. The molecule has 260 valence electrons. The molecule has 0 radical (unpaired) electrons. The molecule has 0 bridgehead atoms. The van der Waals surface area contributed by atoms with Crippen molar-refractivity contribution in [1.29, 1.82) is 0 Å². The summed E-state index contributed by atoms with van der Waals surface area (Å²) >= 11 is 0. The second-order valence-electron chi connectivity index (χ2n) is 12.8. The van der Waals surface area contributed by atoms with Crippen molar-refractivity contribution in [3.8, 4) is 11.1 Å². The number of nitrogens with zero attached hydrogens (tertiary/aromatic N) is 7. The highest BCUT2D eigenvalue weighted by atomic mass is 16.5. The minimum atomic E-state index is -2.38. The van der Waals surface area contributed by atoms with Gasteiger partial charge in [0.1, 0.15) is 11.4 Å². The summed E-state index contributed by atoms with van der Waals surface area (Å²) in [4.78, 5) is 45.2. The van der Waals surface area contributed by atoms with Crippen molar-refractivity contribution in [3.63, 3.8) is 0 Å². The molecule has 16 nitrogen and oxygen atoms in total. The van der Waals surface area contributed by atoms with Crippen LogP contribution in [0.15, 0.2) is 48.7 Å². The minimum Gasteiger partial charge on any atom is -0.364 e. The van der Waals surface area contributed by atoms with Gasteiger partial charge in [-0.3, -0.25) is 19.1 Å². The van der Waals surface area contributed by atoms with Gasteiger partial charge in [-0.05, 0) is 37.5 Å². The minimum absolute atomic E-state index is 0.0233. The van der Waals surface area contributed by atoms with E-state index in [1.54, 1.807) is 12.1 Å². The normalized spacial score (nSPS) is 17.3. The Bertz CT molecular complexity index is 1990. The second kappa shape index (κ2) is 12.8. The molecule has 7 rings (SSSR count). The summed E-state index contributed by atoms with van der Waals surface area (Å²) in [6.07, 6.45) is 4.27. The molecule has 1 aromatic carbocycles. The van der Waals surface area contributed by atoms with Gasteiger partial charge in [-0.15, -0.1) is 10.2 Å². The van der Waals surface area contributed by atoms with E-state index >= 15 is 0 Å². The lowest BCUT2D eigenvalue weighted by Crippen LogP contribution is -2.59. The Labute approximate surface area is 287 Å². The molecule has 1 unspecified atom stereocenters. The monoisotopic (exact) mass is 681 g/mol. The molecule has 16 heteroatoms. The number of likely N-dealkylation sites (tertiary alicyclic amines) is 1. The predicted molar refractivity (Wildman–Crippen MR) is 184 cm³/mol. The van der Waals surface area contributed by atoms with Gasteiger partial charge in [0.2, 0.25) is 5.91 Å². The molecule has 6 N–H and O–H groups in total. The lowest BCUT2D eigenvalue weighted by molar-refractivity contribution is -0.302. The molecule has 1 atom stereocenters. The van der Waals surface area contributed by atoms with E-state index in [-0.39, 0.29) is 46.8 Å². The SMILES string of the molecule is CCC1c2c(cnn2C2CN(C(O)(O)c3cccc(C(=O)NC)n3)C2)-c2cccc(Nc3cc(NC(=O)C4CC4)nnc3C(=O)NC)c2N1C. The topological polar surface area (TPSA) is 203 Å². The number of carbonyl (C=O) groups is 3. The van der Waals surface area contributed by atoms with Crippen LogP contribution >= 0.6 is 0 Å². The van der Waals surface area contributed by atoms with Crippen LogP contribution < -0.4 is 26.2 Å². The van der Waals surface area contributed by atoms with Gasteiger partial charge in [-0.2, -0.15) is 5.10 Å². The van der Waals surface area contributed by atoms with Gasteiger partial charge in [-0.1, -0.05) is 25.1 Å². The molecule has 0 spiro atoms. The van der Waals surface area contributed by atoms with E-state index in [0.29, 0.717) is 18.8 Å². The van der Waals surface area contributed by atoms with E-state index in [4.69, 9.17) is 5.10 Å². The number of aliphatic hydroxyl groups is 2. The fourth-order valence-electron chi connectivity index (χ4n) is 6.71. The zero-order valence-corrected chi connectivity index (χ0v) is 28.1. The number of para-hydroxylation sites is 1. The molecule has 2 fully saturated rings. The van der Waals surface area contributed by atoms with E-state index in [1.807, 2.05) is 36.1 Å². The van der Waals surface area contributed by atoms with Crippen molar-refractivity contribution in [2.45, 2.75) is 44.2 Å². The summed E-state index contributed by atoms with van der Waals surface area (Å²) in [5.41, 5.74) is 5.03. The summed E-state index contributed by atoms with van der Waals surface area (Å²) in [7, 11) is 5.01. The van der Waals surface area contributed by atoms with Crippen LogP contribution in [0.1, 0.15) is 70.6 Å². The van der Waals surface area contributed by atoms with Crippen molar-refractivity contribution in [3.05, 3.63) is 71.4 Å². The third-order valence-electron chi connectivity index (χ3n) is 9.59. The highest BCUT2D eigenvalue weighted by Crippen LogP contribution is 2.50. The van der Waals surface area contributed by atoms with Crippen molar-refractivity contribution < 1.29 is 24.6 Å². The number of anilines is 4. The van der Waals surface area contributed by atoms with Crippen molar-refractivity contribution in [1.82, 2.24) is 40.5 Å². The first-order valence-corrected chi connectivity index (χ1v) is 16.6. The number of hydrogen-bond donors (Lipinski definition) is 6. The first-order valence-electron chi connectivity index (χ1n) is 16.6. The molecule has 3 aliphatic rings. The Morgan fingerprint density at radius 3 is 2.40 bits per heavy atom. The third kappa shape index (κ3) is 5.70. The fourth-order valence-corrected chi connectivity index (χ4v) is 6.71. The quantitative estimate of drug-likeness (QED) is 0.133. The zero-order chi connectivity index (χ0) is 35.3. The number of carbonyl (C=O) groups excluding carboxylic acids is 3. The number of benzene rings is 1. The Hall–Kier alpha value is -5.45. The van der Waals surface area contributed by atoms with Crippen LogP contribution in [-0.4, -0.2) is 92.0 Å². The van der Waals surface area contributed by atoms with Gasteiger partial charge >= 0.3 is 0 Å². The number of hydrogen-bond acceptors (Lipinski definition) is 12. The van der Waals surface area contributed by atoms with E-state index < -0.39 is 17.7 Å². The van der Waals surface area contributed by atoms with E-state index in [9.17, 15) is 24.6 Å². The molecule has 2 aliphatic heterocycles. The molecule has 4 aromatic rings. The largest absolute Gasteiger partial charge is 0.364 e. The van der Waals surface area contributed by atoms with Crippen LogP contribution in [0.4, 0.5) is 22.9 Å². The number of amides is 3.